The van der Waals surface area contributed by atoms with E-state index in [1.54, 1.807) is 7.11 Å². The van der Waals surface area contributed by atoms with Crippen molar-refractivity contribution in [3.05, 3.63) is 24.0 Å². The number of ether oxygens (including phenoxy) is 1. The van der Waals surface area contributed by atoms with Gasteiger partial charge in [-0.25, -0.2) is 4.98 Å². The zero-order valence-corrected chi connectivity index (χ0v) is 12.6. The summed E-state index contributed by atoms with van der Waals surface area (Å²) in [7, 11) is 1.68. The second kappa shape index (κ2) is 6.29. The van der Waals surface area contributed by atoms with Gasteiger partial charge in [-0.15, -0.1) is 11.6 Å². The van der Waals surface area contributed by atoms with Gasteiger partial charge in [-0.05, 0) is 25.0 Å². The van der Waals surface area contributed by atoms with Crippen LogP contribution in [0.5, 0.6) is 5.75 Å². The van der Waals surface area contributed by atoms with E-state index in [-0.39, 0.29) is 0 Å². The second-order valence-corrected chi connectivity index (χ2v) is 4.98. The quantitative estimate of drug-likeness (QED) is 0.727. The van der Waals surface area contributed by atoms with Crippen molar-refractivity contribution >= 4 is 22.6 Å². The summed E-state index contributed by atoms with van der Waals surface area (Å²) in [4.78, 5) is 4.66. The van der Waals surface area contributed by atoms with Crippen molar-refractivity contribution in [3.63, 3.8) is 0 Å². The van der Waals surface area contributed by atoms with Gasteiger partial charge in [0.05, 0.1) is 18.5 Å². The normalized spacial score (nSPS) is 12.8. The number of hydrogen-bond donors (Lipinski definition) is 0. The van der Waals surface area contributed by atoms with Crippen molar-refractivity contribution in [3.8, 4) is 5.75 Å². The number of rotatable bonds is 6. The minimum atomic E-state index is 0.429. The first-order valence-corrected chi connectivity index (χ1v) is 7.40. The summed E-state index contributed by atoms with van der Waals surface area (Å²) in [6, 6.07) is 6.50. The predicted molar refractivity (Wildman–Crippen MR) is 80.1 cm³/mol. The van der Waals surface area contributed by atoms with Crippen LogP contribution in [0.25, 0.3) is 11.0 Å². The van der Waals surface area contributed by atoms with Gasteiger partial charge < -0.3 is 9.30 Å². The Hall–Kier alpha value is -1.22. The molecule has 0 aliphatic heterocycles. The highest BCUT2D eigenvalue weighted by Crippen LogP contribution is 2.31. The molecule has 19 heavy (non-hydrogen) atoms. The van der Waals surface area contributed by atoms with Crippen LogP contribution in [-0.2, 0) is 5.88 Å². The molecule has 0 amide bonds. The maximum absolute atomic E-state index is 6.08. The van der Waals surface area contributed by atoms with Crippen molar-refractivity contribution in [2.24, 2.45) is 0 Å². The van der Waals surface area contributed by atoms with Crippen LogP contribution < -0.4 is 4.74 Å². The molecule has 0 bridgehead atoms. The minimum absolute atomic E-state index is 0.429. The van der Waals surface area contributed by atoms with Gasteiger partial charge in [0, 0.05) is 6.04 Å². The summed E-state index contributed by atoms with van der Waals surface area (Å²) in [6.07, 6.45) is 3.38. The summed E-state index contributed by atoms with van der Waals surface area (Å²) in [5.41, 5.74) is 2.03. The summed E-state index contributed by atoms with van der Waals surface area (Å²) in [5, 5.41) is 0. The van der Waals surface area contributed by atoms with E-state index in [1.165, 1.54) is 0 Å². The number of benzene rings is 1. The molecule has 1 aromatic heterocycles. The summed E-state index contributed by atoms with van der Waals surface area (Å²) in [6.45, 7) is 4.42. The number of fused-ring (bicyclic) bond motifs is 1. The molecule has 1 aromatic carbocycles. The maximum atomic E-state index is 6.08. The first kappa shape index (κ1) is 14.2. The fourth-order valence-electron chi connectivity index (χ4n) is 2.65. The molecule has 0 saturated heterocycles. The van der Waals surface area contributed by atoms with Crippen LogP contribution in [0.3, 0.4) is 0 Å². The Morgan fingerprint density at radius 3 is 2.74 bits per heavy atom. The van der Waals surface area contributed by atoms with E-state index in [1.807, 2.05) is 12.1 Å². The highest BCUT2D eigenvalue weighted by Gasteiger charge is 2.18. The summed E-state index contributed by atoms with van der Waals surface area (Å²) in [5.74, 6) is 2.17. The van der Waals surface area contributed by atoms with Crippen LogP contribution in [0.2, 0.25) is 0 Å². The predicted octanol–water partition coefficient (Wildman–Crippen LogP) is 4.53. The van der Waals surface area contributed by atoms with Gasteiger partial charge >= 0.3 is 0 Å². The smallest absolute Gasteiger partial charge is 0.146 e. The van der Waals surface area contributed by atoms with Gasteiger partial charge in [0.1, 0.15) is 17.1 Å². The Labute approximate surface area is 119 Å². The Morgan fingerprint density at radius 1 is 1.37 bits per heavy atom. The number of para-hydroxylation sites is 1. The van der Waals surface area contributed by atoms with E-state index in [4.69, 9.17) is 16.3 Å². The number of aromatic nitrogens is 2. The van der Waals surface area contributed by atoms with Gasteiger partial charge in [0.15, 0.2) is 0 Å². The van der Waals surface area contributed by atoms with E-state index in [0.717, 1.165) is 41.9 Å². The van der Waals surface area contributed by atoms with Crippen LogP contribution in [-0.4, -0.2) is 16.7 Å². The fourth-order valence-corrected chi connectivity index (χ4v) is 2.84. The third-order valence-electron chi connectivity index (χ3n) is 3.55. The lowest BCUT2D eigenvalue weighted by atomic mass is 10.1. The van der Waals surface area contributed by atoms with Crippen molar-refractivity contribution in [1.29, 1.82) is 0 Å². The Kier molecular flexibility index (Phi) is 4.70. The van der Waals surface area contributed by atoms with E-state index in [0.29, 0.717) is 11.9 Å². The van der Waals surface area contributed by atoms with Crippen molar-refractivity contribution in [2.45, 2.75) is 45.0 Å². The lowest BCUT2D eigenvalue weighted by Crippen LogP contribution is -2.10. The zero-order valence-electron chi connectivity index (χ0n) is 11.8. The zero-order chi connectivity index (χ0) is 13.8. The average molecular weight is 281 g/mol. The molecule has 0 aliphatic carbocycles. The van der Waals surface area contributed by atoms with E-state index in [9.17, 15) is 0 Å². The Bertz CT molecular complexity index is 550. The van der Waals surface area contributed by atoms with E-state index < -0.39 is 0 Å². The monoisotopic (exact) mass is 280 g/mol. The molecule has 2 aromatic rings. The number of hydrogen-bond acceptors (Lipinski definition) is 2. The first-order chi connectivity index (χ1) is 9.26. The molecule has 3 nitrogen and oxygen atoms in total. The fraction of sp³-hybridized carbons (Fsp3) is 0.533. The van der Waals surface area contributed by atoms with Crippen LogP contribution in [0.1, 0.15) is 45.0 Å². The molecule has 1 atom stereocenters. The molecular weight excluding hydrogens is 260 g/mol. The molecule has 2 rings (SSSR count). The molecule has 0 N–H and O–H groups in total. The first-order valence-electron chi connectivity index (χ1n) is 6.86. The molecule has 0 aliphatic rings. The standard InChI is InChI=1S/C15H21ClN2O/c1-4-7-11(5-2)18-12-8-6-9-13(19-3)15(12)17-14(18)10-16/h6,8-9,11H,4-5,7,10H2,1-3H3. The number of halogens is 1. The topological polar surface area (TPSA) is 27.1 Å². The lowest BCUT2D eigenvalue weighted by Gasteiger charge is -2.19. The Morgan fingerprint density at radius 2 is 2.16 bits per heavy atom. The van der Waals surface area contributed by atoms with Gasteiger partial charge in [0.2, 0.25) is 0 Å². The third kappa shape index (κ3) is 2.57. The third-order valence-corrected chi connectivity index (χ3v) is 3.79. The molecule has 1 unspecified atom stereocenters. The van der Waals surface area contributed by atoms with Crippen LogP contribution in [0, 0.1) is 0 Å². The highest BCUT2D eigenvalue weighted by molar-refractivity contribution is 6.16. The SMILES string of the molecule is CCCC(CC)n1c(CCl)nc2c(OC)cccc21. The van der Waals surface area contributed by atoms with Gasteiger partial charge in [-0.3, -0.25) is 0 Å². The lowest BCUT2D eigenvalue weighted by molar-refractivity contribution is 0.419. The van der Waals surface area contributed by atoms with Gasteiger partial charge in [0.25, 0.3) is 0 Å². The molecule has 0 fully saturated rings. The second-order valence-electron chi connectivity index (χ2n) is 4.71. The van der Waals surface area contributed by atoms with Crippen molar-refractivity contribution < 1.29 is 4.74 Å². The number of methoxy groups -OCH3 is 1. The largest absolute Gasteiger partial charge is 0.494 e. The summed E-state index contributed by atoms with van der Waals surface area (Å²) < 4.78 is 7.68. The highest BCUT2D eigenvalue weighted by atomic mass is 35.5. The number of imidazole rings is 1. The van der Waals surface area contributed by atoms with E-state index in [2.05, 4.69) is 29.5 Å². The Balaban J connectivity index is 2.63. The van der Waals surface area contributed by atoms with Gasteiger partial charge in [-0.2, -0.15) is 0 Å². The van der Waals surface area contributed by atoms with Crippen LogP contribution >= 0.6 is 11.6 Å². The molecule has 0 radical (unpaired) electrons. The molecule has 4 heteroatoms. The van der Waals surface area contributed by atoms with Crippen LogP contribution in [0.4, 0.5) is 0 Å². The van der Waals surface area contributed by atoms with Crippen molar-refractivity contribution in [2.75, 3.05) is 7.11 Å². The minimum Gasteiger partial charge on any atom is -0.494 e. The van der Waals surface area contributed by atoms with Crippen LogP contribution in [0.15, 0.2) is 18.2 Å². The molecule has 0 saturated carbocycles. The average Bonchev–Trinajstić information content (AvgIpc) is 2.83. The molecular formula is C15H21ClN2O. The summed E-state index contributed by atoms with van der Waals surface area (Å²) >= 11 is 6.08. The molecule has 1 heterocycles. The van der Waals surface area contributed by atoms with Gasteiger partial charge in [-0.1, -0.05) is 26.3 Å². The van der Waals surface area contributed by atoms with E-state index >= 15 is 0 Å². The number of alkyl halides is 1. The molecule has 104 valence electrons. The molecule has 0 spiro atoms. The van der Waals surface area contributed by atoms with Crippen molar-refractivity contribution in [1.82, 2.24) is 9.55 Å². The maximum Gasteiger partial charge on any atom is 0.146 e. The number of nitrogens with zero attached hydrogens (tertiary/aromatic N) is 2.